The molecule has 12 heteroatoms. The lowest BCUT2D eigenvalue weighted by Crippen LogP contribution is -2.37. The molecule has 3 atom stereocenters. The molecule has 0 heterocycles. The molecular weight excluding hydrogens is 676 g/mol. The number of allylic oxidation sites excluding steroid dienone is 9. The molecule has 10 nitrogen and oxygen atoms in total. The quantitative estimate of drug-likeness (QED) is 0.0283. The minimum atomic E-state index is -5.34. The molecule has 3 unspecified atom stereocenters. The van der Waals surface area contributed by atoms with Gasteiger partial charge in [-0.15, -0.1) is 0 Å². The number of rotatable bonds is 34. The van der Waals surface area contributed by atoms with Crippen molar-refractivity contribution in [3.63, 3.8) is 0 Å². The first kappa shape index (κ1) is 48.4. The Morgan fingerprint density at radius 2 is 1.06 bits per heavy atom. The van der Waals surface area contributed by atoms with Crippen LogP contribution in [0.2, 0.25) is 0 Å². The summed E-state index contributed by atoms with van der Waals surface area (Å²) in [5.74, 6) is -1.00. The zero-order valence-corrected chi connectivity index (χ0v) is 32.7. The van der Waals surface area contributed by atoms with Crippen molar-refractivity contribution in [1.29, 1.82) is 0 Å². The zero-order chi connectivity index (χ0) is 37.2. The number of aliphatic hydroxyl groups excluding tert-OH is 1. The number of hydrogen-bond donors (Lipinski definition) is 4. The van der Waals surface area contributed by atoms with Crippen molar-refractivity contribution in [2.24, 2.45) is 5.73 Å². The molecular formula is C38H69NO9P2. The molecule has 50 heavy (non-hydrogen) atoms. The number of phosphoric acid groups is 2. The van der Waals surface area contributed by atoms with Crippen LogP contribution in [0.5, 0.6) is 0 Å². The summed E-state index contributed by atoms with van der Waals surface area (Å²) in [6, 6.07) is -1.10. The van der Waals surface area contributed by atoms with Crippen LogP contribution in [0.1, 0.15) is 155 Å². The van der Waals surface area contributed by atoms with Gasteiger partial charge in [0.1, 0.15) is 0 Å². The molecule has 0 aromatic rings. The van der Waals surface area contributed by atoms with Crippen molar-refractivity contribution >= 4 is 21.6 Å². The summed E-state index contributed by atoms with van der Waals surface area (Å²) in [4.78, 5) is 30.7. The van der Waals surface area contributed by atoms with Crippen LogP contribution in [-0.2, 0) is 27.3 Å². The lowest BCUT2D eigenvalue weighted by molar-refractivity contribution is -0.136. The molecule has 0 fully saturated rings. The Morgan fingerprint density at radius 1 is 0.640 bits per heavy atom. The second-order valence-corrected chi connectivity index (χ2v) is 15.6. The van der Waals surface area contributed by atoms with Gasteiger partial charge in [-0.1, -0.05) is 152 Å². The van der Waals surface area contributed by atoms with Crippen LogP contribution in [-0.4, -0.2) is 39.6 Å². The second kappa shape index (κ2) is 33.2. The van der Waals surface area contributed by atoms with Gasteiger partial charge in [-0.3, -0.25) is 9.32 Å². The highest BCUT2D eigenvalue weighted by Gasteiger charge is 2.40. The molecule has 0 aliphatic heterocycles. The minimum absolute atomic E-state index is 0.174. The molecule has 0 aromatic heterocycles. The van der Waals surface area contributed by atoms with Crippen molar-refractivity contribution in [3.8, 4) is 0 Å². The van der Waals surface area contributed by atoms with Crippen molar-refractivity contribution in [2.75, 3.05) is 6.61 Å². The number of hydrogen-bond acceptors (Lipinski definition) is 8. The summed E-state index contributed by atoms with van der Waals surface area (Å²) in [6.07, 6.45) is 41.5. The third-order valence-corrected chi connectivity index (χ3v) is 10.3. The third kappa shape index (κ3) is 33.5. The number of nitrogens with two attached hydrogens (primary N) is 1. The molecule has 0 aliphatic carbocycles. The monoisotopic (exact) mass is 745 g/mol. The third-order valence-electron chi connectivity index (χ3n) is 7.80. The second-order valence-electron chi connectivity index (χ2n) is 12.7. The van der Waals surface area contributed by atoms with E-state index in [1.165, 1.54) is 83.1 Å². The average Bonchev–Trinajstić information content (AvgIpc) is 3.06. The van der Waals surface area contributed by atoms with E-state index in [-0.39, 0.29) is 6.42 Å². The maximum absolute atomic E-state index is 12.9. The highest BCUT2D eigenvalue weighted by Crippen LogP contribution is 2.61. The maximum Gasteiger partial charge on any atom is 0.541 e. The first-order chi connectivity index (χ1) is 24.0. The van der Waals surface area contributed by atoms with E-state index in [1.807, 2.05) is 18.2 Å². The van der Waals surface area contributed by atoms with E-state index >= 15 is 0 Å². The summed E-state index contributed by atoms with van der Waals surface area (Å²) in [5, 5.41) is 10.3. The van der Waals surface area contributed by atoms with Crippen LogP contribution in [0.15, 0.2) is 60.8 Å². The molecule has 5 N–H and O–H groups in total. The molecule has 0 aromatic carbocycles. The molecule has 0 saturated carbocycles. The van der Waals surface area contributed by atoms with Crippen LogP contribution in [0.4, 0.5) is 0 Å². The number of aliphatic hydroxyl groups is 1. The molecule has 0 spiro atoms. The fourth-order valence-corrected chi connectivity index (χ4v) is 6.99. The van der Waals surface area contributed by atoms with Gasteiger partial charge >= 0.3 is 21.6 Å². The van der Waals surface area contributed by atoms with Crippen molar-refractivity contribution in [2.45, 2.75) is 167 Å². The summed E-state index contributed by atoms with van der Waals surface area (Å²) in [5.41, 5.74) is 5.92. The van der Waals surface area contributed by atoms with E-state index in [9.17, 15) is 28.8 Å². The molecule has 0 rings (SSSR count). The van der Waals surface area contributed by atoms with Gasteiger partial charge in [0.2, 0.25) is 0 Å². The lowest BCUT2D eigenvalue weighted by atomic mass is 10.0. The normalized spacial score (nSPS) is 15.2. The van der Waals surface area contributed by atoms with Gasteiger partial charge in [-0.25, -0.2) is 9.13 Å². The van der Waals surface area contributed by atoms with Crippen LogP contribution in [0, 0.1) is 0 Å². The number of phosphoric ester groups is 1. The SMILES string of the molecule is CCCCCC=CCC=CCC=CCC=CCCCC(=O)OP(=O)(OCC(N)C(O)C=CCCCCCCCCCCCCC)OP(=O)(O)O. The van der Waals surface area contributed by atoms with Crippen LogP contribution < -0.4 is 5.73 Å². The predicted molar refractivity (Wildman–Crippen MR) is 205 cm³/mol. The van der Waals surface area contributed by atoms with Gasteiger partial charge in [-0.2, -0.15) is 4.31 Å². The Morgan fingerprint density at radius 3 is 1.58 bits per heavy atom. The zero-order valence-electron chi connectivity index (χ0n) is 31.0. The van der Waals surface area contributed by atoms with Crippen LogP contribution in [0.3, 0.4) is 0 Å². The van der Waals surface area contributed by atoms with Crippen molar-refractivity contribution in [1.82, 2.24) is 0 Å². The highest BCUT2D eigenvalue weighted by molar-refractivity contribution is 7.61. The number of carbonyl (C=O) groups excluding carboxylic acids is 1. The van der Waals surface area contributed by atoms with Gasteiger partial charge in [0.05, 0.1) is 18.8 Å². The van der Waals surface area contributed by atoms with Gasteiger partial charge in [0, 0.05) is 6.42 Å². The van der Waals surface area contributed by atoms with E-state index in [0.717, 1.165) is 44.9 Å². The summed E-state index contributed by atoms with van der Waals surface area (Å²) < 4.78 is 38.2. The predicted octanol–water partition coefficient (Wildman–Crippen LogP) is 10.9. The van der Waals surface area contributed by atoms with Crippen molar-refractivity contribution in [3.05, 3.63) is 60.8 Å². The molecule has 0 bridgehead atoms. The Hall–Kier alpha value is -1.61. The average molecular weight is 746 g/mol. The van der Waals surface area contributed by atoms with Crippen LogP contribution in [0.25, 0.3) is 0 Å². The minimum Gasteiger partial charge on any atom is -0.387 e. The Balaban J connectivity index is 4.32. The van der Waals surface area contributed by atoms with E-state index in [1.54, 1.807) is 0 Å². The fourth-order valence-electron chi connectivity index (χ4n) is 4.87. The largest absolute Gasteiger partial charge is 0.541 e. The number of carbonyl (C=O) groups is 1. The molecule has 0 aliphatic rings. The van der Waals surface area contributed by atoms with E-state index in [0.29, 0.717) is 12.8 Å². The summed E-state index contributed by atoms with van der Waals surface area (Å²) in [7, 11) is -10.4. The Kier molecular flexibility index (Phi) is 32.2. The molecule has 0 radical (unpaired) electrons. The molecule has 290 valence electrons. The van der Waals surface area contributed by atoms with Gasteiger partial charge in [-0.05, 0) is 57.8 Å². The van der Waals surface area contributed by atoms with Crippen LogP contribution >= 0.6 is 15.6 Å². The maximum atomic E-state index is 12.9. The summed E-state index contributed by atoms with van der Waals surface area (Å²) >= 11 is 0. The van der Waals surface area contributed by atoms with Gasteiger partial charge in [0.15, 0.2) is 0 Å². The molecule has 0 amide bonds. The standard InChI is InChI=1S/C38H69NO9P2/c1-3-5-7-9-11-13-15-17-18-19-20-22-24-26-28-30-32-34-38(41)47-50(45,48-49(42,43)44)46-35-36(39)37(40)33-31-29-27-25-23-21-16-14-12-10-8-6-4-2/h11,13,17-18,20,22,26,28,31,33,36-37,40H,3-10,12,14-16,19,21,23-25,27,29-30,32,34-35,39H2,1-2H3,(H2,42,43,44). The highest BCUT2D eigenvalue weighted by atomic mass is 31.3. The first-order valence-electron chi connectivity index (χ1n) is 19.0. The van der Waals surface area contributed by atoms with Crippen molar-refractivity contribution < 1.29 is 42.2 Å². The topological polar surface area (TPSA) is 166 Å². The lowest BCUT2D eigenvalue weighted by Gasteiger charge is -2.21. The molecule has 0 saturated heterocycles. The Bertz CT molecular complexity index is 1070. The summed E-state index contributed by atoms with van der Waals surface area (Å²) in [6.45, 7) is 3.80. The number of unbranched alkanes of at least 4 members (excludes halogenated alkanes) is 15. The smallest absolute Gasteiger partial charge is 0.387 e. The Labute approximate surface area is 303 Å². The van der Waals surface area contributed by atoms with Gasteiger partial charge in [0.25, 0.3) is 0 Å². The fraction of sp³-hybridized carbons (Fsp3) is 0.711. The van der Waals surface area contributed by atoms with E-state index in [4.69, 9.17) is 14.8 Å². The van der Waals surface area contributed by atoms with E-state index in [2.05, 4.69) is 54.6 Å². The first-order valence-corrected chi connectivity index (χ1v) is 22.0. The van der Waals surface area contributed by atoms with E-state index < -0.39 is 40.4 Å². The van der Waals surface area contributed by atoms with Gasteiger partial charge < -0.3 is 25.2 Å².